The van der Waals surface area contributed by atoms with Crippen molar-refractivity contribution < 1.29 is 9.47 Å². The lowest BCUT2D eigenvalue weighted by atomic mass is 9.92. The Morgan fingerprint density at radius 2 is 2.22 bits per heavy atom. The number of rotatable bonds is 0. The molecule has 0 aromatic rings. The smallest absolute Gasteiger partial charge is 0.188 e. The molecule has 0 atom stereocenters. The zero-order valence-electron chi connectivity index (χ0n) is 5.94. The van der Waals surface area contributed by atoms with Gasteiger partial charge in [0.2, 0.25) is 0 Å². The van der Waals surface area contributed by atoms with E-state index in [1.165, 1.54) is 0 Å². The Labute approximate surface area is 55.5 Å². The first-order chi connectivity index (χ1) is 4.13. The average Bonchev–Trinajstić information content (AvgIpc) is 1.77. The van der Waals surface area contributed by atoms with Crippen LogP contribution in [0.5, 0.6) is 0 Å². The van der Waals surface area contributed by atoms with Crippen molar-refractivity contribution in [3.8, 4) is 0 Å². The lowest BCUT2D eigenvalue weighted by molar-refractivity contribution is -0.110. The first-order valence-electron chi connectivity index (χ1n) is 3.03. The SMILES string of the molecule is C=C1OCOCC1(C)C. The predicted molar refractivity (Wildman–Crippen MR) is 34.8 cm³/mol. The van der Waals surface area contributed by atoms with E-state index in [4.69, 9.17) is 9.47 Å². The van der Waals surface area contributed by atoms with Gasteiger partial charge in [-0.05, 0) is 0 Å². The fourth-order valence-corrected chi connectivity index (χ4v) is 0.685. The van der Waals surface area contributed by atoms with Crippen LogP contribution in [0.1, 0.15) is 13.8 Å². The van der Waals surface area contributed by atoms with Crippen LogP contribution in [0.25, 0.3) is 0 Å². The third-order valence-corrected chi connectivity index (χ3v) is 1.53. The average molecular weight is 128 g/mol. The quantitative estimate of drug-likeness (QED) is 0.492. The molecular weight excluding hydrogens is 116 g/mol. The highest BCUT2D eigenvalue weighted by Gasteiger charge is 2.27. The van der Waals surface area contributed by atoms with Crippen molar-refractivity contribution in [1.29, 1.82) is 0 Å². The lowest BCUT2D eigenvalue weighted by Crippen LogP contribution is -2.29. The minimum atomic E-state index is -0.00174. The Kier molecular flexibility index (Phi) is 1.49. The molecule has 1 saturated heterocycles. The third kappa shape index (κ3) is 1.24. The highest BCUT2D eigenvalue weighted by Crippen LogP contribution is 2.28. The molecule has 1 fully saturated rings. The summed E-state index contributed by atoms with van der Waals surface area (Å²) in [7, 11) is 0. The van der Waals surface area contributed by atoms with Crippen LogP contribution in [-0.4, -0.2) is 13.4 Å². The Bertz CT molecular complexity index is 127. The monoisotopic (exact) mass is 128 g/mol. The summed E-state index contributed by atoms with van der Waals surface area (Å²) in [6.45, 7) is 8.94. The van der Waals surface area contributed by atoms with Crippen LogP contribution < -0.4 is 0 Å². The number of ether oxygens (including phenoxy) is 2. The minimum absolute atomic E-state index is 0.00174. The summed E-state index contributed by atoms with van der Waals surface area (Å²) in [6, 6.07) is 0. The maximum Gasteiger partial charge on any atom is 0.188 e. The van der Waals surface area contributed by atoms with Gasteiger partial charge in [-0.25, -0.2) is 0 Å². The molecule has 0 aliphatic carbocycles. The fourth-order valence-electron chi connectivity index (χ4n) is 0.685. The first-order valence-corrected chi connectivity index (χ1v) is 3.03. The van der Waals surface area contributed by atoms with Crippen molar-refractivity contribution in [1.82, 2.24) is 0 Å². The Hall–Kier alpha value is -0.500. The molecule has 0 unspecified atom stereocenters. The van der Waals surface area contributed by atoms with Gasteiger partial charge in [0, 0.05) is 5.41 Å². The molecule has 2 nitrogen and oxygen atoms in total. The van der Waals surface area contributed by atoms with Crippen molar-refractivity contribution in [2.75, 3.05) is 13.4 Å². The predicted octanol–water partition coefficient (Wildman–Crippen LogP) is 1.53. The van der Waals surface area contributed by atoms with Gasteiger partial charge >= 0.3 is 0 Å². The molecule has 0 amide bonds. The van der Waals surface area contributed by atoms with E-state index in [1.54, 1.807) is 0 Å². The molecular formula is C7H12O2. The van der Waals surface area contributed by atoms with Crippen LogP contribution in [0, 0.1) is 5.41 Å². The van der Waals surface area contributed by atoms with E-state index in [0.29, 0.717) is 13.4 Å². The molecule has 0 aromatic carbocycles. The van der Waals surface area contributed by atoms with Crippen molar-refractivity contribution in [3.05, 3.63) is 12.3 Å². The van der Waals surface area contributed by atoms with Crippen molar-refractivity contribution >= 4 is 0 Å². The third-order valence-electron chi connectivity index (χ3n) is 1.53. The van der Waals surface area contributed by atoms with Crippen LogP contribution in [-0.2, 0) is 9.47 Å². The fraction of sp³-hybridized carbons (Fsp3) is 0.714. The van der Waals surface area contributed by atoms with Crippen molar-refractivity contribution in [3.63, 3.8) is 0 Å². The van der Waals surface area contributed by atoms with E-state index in [2.05, 4.69) is 20.4 Å². The molecule has 0 radical (unpaired) electrons. The normalized spacial score (nSPS) is 25.3. The van der Waals surface area contributed by atoms with Gasteiger partial charge in [0.05, 0.1) is 12.4 Å². The van der Waals surface area contributed by atoms with Gasteiger partial charge in [-0.3, -0.25) is 0 Å². The summed E-state index contributed by atoms with van der Waals surface area (Å²) in [5.41, 5.74) is -0.00174. The van der Waals surface area contributed by atoms with Crippen LogP contribution in [0.2, 0.25) is 0 Å². The zero-order valence-corrected chi connectivity index (χ0v) is 5.94. The lowest BCUT2D eigenvalue weighted by Gasteiger charge is -2.31. The molecule has 1 aliphatic rings. The van der Waals surface area contributed by atoms with E-state index in [-0.39, 0.29) is 5.41 Å². The Balaban J connectivity index is 2.60. The summed E-state index contributed by atoms with van der Waals surface area (Å²) in [4.78, 5) is 0. The van der Waals surface area contributed by atoms with E-state index in [0.717, 1.165) is 5.76 Å². The van der Waals surface area contributed by atoms with Gasteiger partial charge in [-0.1, -0.05) is 20.4 Å². The summed E-state index contributed by atoms with van der Waals surface area (Å²) in [6.07, 6.45) is 0. The van der Waals surface area contributed by atoms with Gasteiger partial charge < -0.3 is 9.47 Å². The largest absolute Gasteiger partial charge is 0.472 e. The summed E-state index contributed by atoms with van der Waals surface area (Å²) >= 11 is 0. The molecule has 52 valence electrons. The molecule has 2 heteroatoms. The van der Waals surface area contributed by atoms with Crippen molar-refractivity contribution in [2.24, 2.45) is 5.41 Å². The maximum atomic E-state index is 5.08. The molecule has 9 heavy (non-hydrogen) atoms. The Morgan fingerprint density at radius 3 is 2.56 bits per heavy atom. The highest BCUT2D eigenvalue weighted by atomic mass is 16.7. The van der Waals surface area contributed by atoms with Gasteiger partial charge in [0.1, 0.15) is 0 Å². The summed E-state index contributed by atoms with van der Waals surface area (Å²) < 4.78 is 10.1. The maximum absolute atomic E-state index is 5.08. The minimum Gasteiger partial charge on any atom is -0.472 e. The second-order valence-corrected chi connectivity index (χ2v) is 2.92. The zero-order chi connectivity index (χ0) is 6.91. The van der Waals surface area contributed by atoms with E-state index >= 15 is 0 Å². The number of hydrogen-bond donors (Lipinski definition) is 0. The molecule has 0 N–H and O–H groups in total. The molecule has 0 bridgehead atoms. The molecule has 0 aromatic heterocycles. The molecule has 0 spiro atoms. The summed E-state index contributed by atoms with van der Waals surface area (Å²) in [5.74, 6) is 0.828. The van der Waals surface area contributed by atoms with E-state index < -0.39 is 0 Å². The second-order valence-electron chi connectivity index (χ2n) is 2.92. The molecule has 1 heterocycles. The molecule has 1 aliphatic heterocycles. The van der Waals surface area contributed by atoms with Crippen LogP contribution in [0.3, 0.4) is 0 Å². The van der Waals surface area contributed by atoms with E-state index in [1.807, 2.05) is 0 Å². The highest BCUT2D eigenvalue weighted by molar-refractivity contribution is 4.99. The van der Waals surface area contributed by atoms with Crippen LogP contribution in [0.15, 0.2) is 12.3 Å². The molecule has 0 saturated carbocycles. The van der Waals surface area contributed by atoms with E-state index in [9.17, 15) is 0 Å². The Morgan fingerprint density at radius 1 is 1.56 bits per heavy atom. The van der Waals surface area contributed by atoms with Gasteiger partial charge in [-0.2, -0.15) is 0 Å². The summed E-state index contributed by atoms with van der Waals surface area (Å²) in [5, 5.41) is 0. The van der Waals surface area contributed by atoms with Gasteiger partial charge in [-0.15, -0.1) is 0 Å². The van der Waals surface area contributed by atoms with Crippen LogP contribution >= 0.6 is 0 Å². The van der Waals surface area contributed by atoms with Crippen molar-refractivity contribution in [2.45, 2.75) is 13.8 Å². The standard InChI is InChI=1S/C7H12O2/c1-6-7(2,3)4-8-5-9-6/h1,4-5H2,2-3H3. The second kappa shape index (κ2) is 2.03. The first kappa shape index (κ1) is 6.62. The number of hydrogen-bond acceptors (Lipinski definition) is 2. The van der Waals surface area contributed by atoms with Gasteiger partial charge in [0.25, 0.3) is 0 Å². The topological polar surface area (TPSA) is 18.5 Å². The molecule has 1 rings (SSSR count). The van der Waals surface area contributed by atoms with Gasteiger partial charge in [0.15, 0.2) is 6.79 Å². The van der Waals surface area contributed by atoms with Crippen LogP contribution in [0.4, 0.5) is 0 Å².